The summed E-state index contributed by atoms with van der Waals surface area (Å²) in [6.07, 6.45) is 9.25. The number of hydrogen-bond acceptors (Lipinski definition) is 2. The third-order valence-corrected chi connectivity index (χ3v) is 4.03. The molecule has 0 aliphatic heterocycles. The van der Waals surface area contributed by atoms with Gasteiger partial charge < -0.3 is 5.32 Å². The smallest absolute Gasteiger partial charge is 0.0132 e. The minimum absolute atomic E-state index is 0.684. The molecule has 0 spiro atoms. The fourth-order valence-corrected chi connectivity index (χ4v) is 2.95. The average Bonchev–Trinajstić information content (AvgIpc) is 2.32. The summed E-state index contributed by atoms with van der Waals surface area (Å²) in [5.41, 5.74) is 0. The van der Waals surface area contributed by atoms with Gasteiger partial charge in [-0.3, -0.25) is 0 Å². The maximum Gasteiger partial charge on any atom is 0.0132 e. The van der Waals surface area contributed by atoms with Crippen LogP contribution >= 0.6 is 11.8 Å². The Balaban J connectivity index is 2.22. The van der Waals surface area contributed by atoms with Gasteiger partial charge in [-0.2, -0.15) is 11.8 Å². The van der Waals surface area contributed by atoms with Crippen LogP contribution in [0.15, 0.2) is 0 Å². The molecule has 3 atom stereocenters. The van der Waals surface area contributed by atoms with E-state index in [4.69, 9.17) is 0 Å². The Labute approximate surface area is 93.4 Å². The minimum Gasteiger partial charge on any atom is -0.311 e. The lowest BCUT2D eigenvalue weighted by atomic mass is 10.0. The van der Waals surface area contributed by atoms with Crippen molar-refractivity contribution in [3.05, 3.63) is 0 Å². The molecule has 0 aromatic rings. The van der Waals surface area contributed by atoms with Crippen molar-refractivity contribution in [3.8, 4) is 0 Å². The van der Waals surface area contributed by atoms with Gasteiger partial charge in [-0.15, -0.1) is 0 Å². The van der Waals surface area contributed by atoms with Crippen LogP contribution in [0.5, 0.6) is 0 Å². The standard InChI is InChI=1S/C12H25NS/c1-10-5-4-6-12(8-7-10)13-11(2)9-14-3/h10-13H,4-9H2,1-3H3. The summed E-state index contributed by atoms with van der Waals surface area (Å²) < 4.78 is 0. The van der Waals surface area contributed by atoms with Gasteiger partial charge in [-0.05, 0) is 38.4 Å². The molecule has 3 unspecified atom stereocenters. The molecule has 1 N–H and O–H groups in total. The van der Waals surface area contributed by atoms with Crippen molar-refractivity contribution in [3.63, 3.8) is 0 Å². The molecule has 1 aliphatic carbocycles. The van der Waals surface area contributed by atoms with E-state index in [1.165, 1.54) is 37.9 Å². The maximum atomic E-state index is 3.76. The van der Waals surface area contributed by atoms with Crippen LogP contribution in [0, 0.1) is 5.92 Å². The maximum absolute atomic E-state index is 3.76. The number of nitrogens with one attached hydrogen (secondary N) is 1. The van der Waals surface area contributed by atoms with Gasteiger partial charge in [0.15, 0.2) is 0 Å². The predicted molar refractivity (Wildman–Crippen MR) is 67.0 cm³/mol. The van der Waals surface area contributed by atoms with Crippen molar-refractivity contribution < 1.29 is 0 Å². The molecule has 0 bridgehead atoms. The first-order chi connectivity index (χ1) is 6.72. The summed E-state index contributed by atoms with van der Waals surface area (Å²) in [4.78, 5) is 0. The predicted octanol–water partition coefficient (Wildman–Crippen LogP) is 3.30. The molecular weight excluding hydrogens is 190 g/mol. The molecular formula is C12H25NS. The van der Waals surface area contributed by atoms with Gasteiger partial charge in [0, 0.05) is 17.8 Å². The average molecular weight is 215 g/mol. The Morgan fingerprint density at radius 2 is 2.07 bits per heavy atom. The van der Waals surface area contributed by atoms with Crippen LogP contribution in [-0.4, -0.2) is 24.1 Å². The second-order valence-electron chi connectivity index (χ2n) is 4.83. The van der Waals surface area contributed by atoms with Gasteiger partial charge >= 0.3 is 0 Å². The van der Waals surface area contributed by atoms with Crippen molar-refractivity contribution in [1.29, 1.82) is 0 Å². The first-order valence-corrected chi connectivity index (χ1v) is 7.36. The summed E-state index contributed by atoms with van der Waals surface area (Å²) in [6.45, 7) is 4.71. The van der Waals surface area contributed by atoms with Crippen LogP contribution in [-0.2, 0) is 0 Å². The highest BCUT2D eigenvalue weighted by Crippen LogP contribution is 2.22. The Bertz CT molecular complexity index is 149. The van der Waals surface area contributed by atoms with Crippen molar-refractivity contribution in [2.24, 2.45) is 5.92 Å². The minimum atomic E-state index is 0.684. The monoisotopic (exact) mass is 215 g/mol. The van der Waals surface area contributed by atoms with E-state index in [0.717, 1.165) is 12.0 Å². The number of thioether (sulfide) groups is 1. The Hall–Kier alpha value is 0.310. The normalized spacial score (nSPS) is 31.1. The van der Waals surface area contributed by atoms with Gasteiger partial charge in [-0.1, -0.05) is 19.8 Å². The Morgan fingerprint density at radius 1 is 1.29 bits per heavy atom. The van der Waals surface area contributed by atoms with Crippen LogP contribution in [0.2, 0.25) is 0 Å². The third kappa shape index (κ3) is 4.70. The van der Waals surface area contributed by atoms with Gasteiger partial charge in [0.2, 0.25) is 0 Å². The molecule has 0 amide bonds. The van der Waals surface area contributed by atoms with E-state index in [2.05, 4.69) is 25.4 Å². The Morgan fingerprint density at radius 3 is 2.79 bits per heavy atom. The molecule has 0 heterocycles. The topological polar surface area (TPSA) is 12.0 Å². The fraction of sp³-hybridized carbons (Fsp3) is 1.00. The zero-order chi connectivity index (χ0) is 10.4. The van der Waals surface area contributed by atoms with E-state index < -0.39 is 0 Å². The number of rotatable bonds is 4. The summed E-state index contributed by atoms with van der Waals surface area (Å²) >= 11 is 1.94. The molecule has 1 fully saturated rings. The molecule has 1 rings (SSSR count). The van der Waals surface area contributed by atoms with Crippen LogP contribution < -0.4 is 5.32 Å². The molecule has 84 valence electrons. The lowest BCUT2D eigenvalue weighted by molar-refractivity contribution is 0.418. The van der Waals surface area contributed by atoms with Gasteiger partial charge in [0.25, 0.3) is 0 Å². The first kappa shape index (κ1) is 12.4. The van der Waals surface area contributed by atoms with Gasteiger partial charge in [0.05, 0.1) is 0 Å². The van der Waals surface area contributed by atoms with E-state index in [-0.39, 0.29) is 0 Å². The van der Waals surface area contributed by atoms with E-state index in [1.807, 2.05) is 11.8 Å². The summed E-state index contributed by atoms with van der Waals surface area (Å²) in [6, 6.07) is 1.48. The van der Waals surface area contributed by atoms with Crippen molar-refractivity contribution in [2.45, 2.75) is 58.0 Å². The van der Waals surface area contributed by atoms with Crippen LogP contribution in [0.3, 0.4) is 0 Å². The quantitative estimate of drug-likeness (QED) is 0.722. The first-order valence-electron chi connectivity index (χ1n) is 5.97. The van der Waals surface area contributed by atoms with Crippen LogP contribution in [0.1, 0.15) is 46.0 Å². The highest BCUT2D eigenvalue weighted by atomic mass is 32.2. The second kappa shape index (κ2) is 6.73. The zero-order valence-electron chi connectivity index (χ0n) is 9.88. The molecule has 1 saturated carbocycles. The van der Waals surface area contributed by atoms with Crippen molar-refractivity contribution >= 4 is 11.8 Å². The van der Waals surface area contributed by atoms with Gasteiger partial charge in [-0.25, -0.2) is 0 Å². The van der Waals surface area contributed by atoms with E-state index in [1.54, 1.807) is 0 Å². The lowest BCUT2D eigenvalue weighted by Crippen LogP contribution is -2.37. The van der Waals surface area contributed by atoms with Crippen molar-refractivity contribution in [1.82, 2.24) is 5.32 Å². The number of hydrogen-bond donors (Lipinski definition) is 1. The molecule has 14 heavy (non-hydrogen) atoms. The van der Waals surface area contributed by atoms with Crippen LogP contribution in [0.25, 0.3) is 0 Å². The van der Waals surface area contributed by atoms with E-state index in [9.17, 15) is 0 Å². The van der Waals surface area contributed by atoms with E-state index in [0.29, 0.717) is 6.04 Å². The molecule has 0 radical (unpaired) electrons. The third-order valence-electron chi connectivity index (χ3n) is 3.19. The lowest BCUT2D eigenvalue weighted by Gasteiger charge is -2.21. The summed E-state index contributed by atoms with van der Waals surface area (Å²) in [5, 5.41) is 3.76. The Kier molecular flexibility index (Phi) is 5.95. The largest absolute Gasteiger partial charge is 0.311 e. The second-order valence-corrected chi connectivity index (χ2v) is 5.74. The summed E-state index contributed by atoms with van der Waals surface area (Å²) in [7, 11) is 0. The molecule has 2 heteroatoms. The molecule has 0 aromatic carbocycles. The molecule has 1 aliphatic rings. The molecule has 0 aromatic heterocycles. The van der Waals surface area contributed by atoms with E-state index >= 15 is 0 Å². The van der Waals surface area contributed by atoms with Gasteiger partial charge in [0.1, 0.15) is 0 Å². The molecule has 0 saturated heterocycles. The zero-order valence-corrected chi connectivity index (χ0v) is 10.7. The fourth-order valence-electron chi connectivity index (χ4n) is 2.35. The molecule has 1 nitrogen and oxygen atoms in total. The highest BCUT2D eigenvalue weighted by Gasteiger charge is 2.17. The van der Waals surface area contributed by atoms with Crippen LogP contribution in [0.4, 0.5) is 0 Å². The summed E-state index contributed by atoms with van der Waals surface area (Å²) in [5.74, 6) is 2.20. The SMILES string of the molecule is CSCC(C)NC1CCCC(C)CC1. The highest BCUT2D eigenvalue weighted by molar-refractivity contribution is 7.98. The van der Waals surface area contributed by atoms with Crippen molar-refractivity contribution in [2.75, 3.05) is 12.0 Å².